The Labute approximate surface area is 137 Å². The Bertz CT molecular complexity index is 668. The number of hydrogen-bond acceptors (Lipinski definition) is 5. The van der Waals surface area contributed by atoms with Gasteiger partial charge in [0.15, 0.2) is 0 Å². The molecule has 8 heteroatoms. The molecule has 4 atom stereocenters. The fourth-order valence-corrected chi connectivity index (χ4v) is 4.15. The van der Waals surface area contributed by atoms with Crippen LogP contribution in [0.1, 0.15) is 19.8 Å². The van der Waals surface area contributed by atoms with Crippen molar-refractivity contribution in [3.05, 3.63) is 23.8 Å². The molecule has 0 radical (unpaired) electrons. The van der Waals surface area contributed by atoms with E-state index in [2.05, 4.69) is 30.8 Å². The molecule has 0 saturated carbocycles. The van der Waals surface area contributed by atoms with Crippen molar-refractivity contribution in [3.8, 4) is 0 Å². The van der Waals surface area contributed by atoms with Crippen molar-refractivity contribution >= 4 is 32.9 Å². The number of nitrogens with zero attached hydrogens (tertiary/aromatic N) is 4. The van der Waals surface area contributed by atoms with Crippen LogP contribution in [0.2, 0.25) is 0 Å². The highest BCUT2D eigenvalue weighted by molar-refractivity contribution is 9.18. The minimum absolute atomic E-state index is 0.0448. The van der Waals surface area contributed by atoms with Crippen LogP contribution in [0.5, 0.6) is 0 Å². The van der Waals surface area contributed by atoms with Crippen LogP contribution in [0.15, 0.2) is 33.8 Å². The second-order valence-electron chi connectivity index (χ2n) is 6.13. The third kappa shape index (κ3) is 1.84. The van der Waals surface area contributed by atoms with Gasteiger partial charge in [0, 0.05) is 28.4 Å². The summed E-state index contributed by atoms with van der Waals surface area (Å²) in [4.78, 5) is 10.9. The highest BCUT2D eigenvalue weighted by atomic mass is 79.9. The number of hydrogen-bond donors (Lipinski definition) is 2. The maximum Gasteiger partial charge on any atom is 0.301 e. The molecule has 2 fully saturated rings. The molecule has 0 aromatic rings. The number of quaternary nitrogens is 1. The molecule has 7 nitrogen and oxygen atoms in total. The summed E-state index contributed by atoms with van der Waals surface area (Å²) in [5.41, 5.74) is 1.87. The minimum atomic E-state index is 0.0448. The lowest BCUT2D eigenvalue weighted by atomic mass is 9.88. The smallest absolute Gasteiger partial charge is 0.301 e. The third-order valence-corrected chi connectivity index (χ3v) is 5.64. The molecule has 1 unspecified atom stereocenters. The van der Waals surface area contributed by atoms with Crippen LogP contribution < -0.4 is 5.84 Å². The van der Waals surface area contributed by atoms with Crippen LogP contribution in [-0.2, 0) is 4.74 Å². The van der Waals surface area contributed by atoms with Crippen molar-refractivity contribution in [2.24, 2.45) is 21.7 Å². The van der Waals surface area contributed by atoms with Gasteiger partial charge in [0.25, 0.3) is 6.02 Å². The molecule has 4 heterocycles. The van der Waals surface area contributed by atoms with Gasteiger partial charge in [-0.3, -0.25) is 10.4 Å². The molecule has 0 aromatic carbocycles. The van der Waals surface area contributed by atoms with Gasteiger partial charge in [-0.05, 0) is 19.8 Å². The number of fused-ring (bicyclic) bond motifs is 2. The first-order valence-electron chi connectivity index (χ1n) is 7.40. The van der Waals surface area contributed by atoms with Crippen LogP contribution in [0.25, 0.3) is 0 Å². The molecule has 4 aliphatic rings. The Hall–Kier alpha value is -1.51. The highest BCUT2D eigenvalue weighted by Crippen LogP contribution is 2.40. The predicted octanol–water partition coefficient (Wildman–Crippen LogP) is 1.64. The average Bonchev–Trinajstić information content (AvgIpc) is 2.94. The molecule has 4 rings (SSSR count). The molecule has 0 bridgehead atoms. The Morgan fingerprint density at radius 3 is 3.14 bits per heavy atom. The number of ether oxygens (including phenoxy) is 1. The van der Waals surface area contributed by atoms with E-state index in [1.54, 1.807) is 12.4 Å². The monoisotopic (exact) mass is 365 g/mol. The zero-order valence-electron chi connectivity index (χ0n) is 12.2. The first-order valence-corrected chi connectivity index (χ1v) is 8.19. The molecule has 2 saturated heterocycles. The fraction of sp³-hybridized carbons (Fsp3) is 0.500. The van der Waals surface area contributed by atoms with Gasteiger partial charge in [0.1, 0.15) is 18.0 Å². The van der Waals surface area contributed by atoms with E-state index in [4.69, 9.17) is 16.0 Å². The van der Waals surface area contributed by atoms with Crippen LogP contribution >= 0.6 is 15.9 Å². The standard InChI is InChI=1S/C14H18BrN6O/c1-8-10-3-2-9(7-20(10)14(16)22-8)12-11-6-18-4-5-21(11,17)13(15)19-12/h4-6,8-10,16H,2-3,7,17H2,1H3/q+1/t8-,9+,10-,21?/m0/s1. The van der Waals surface area contributed by atoms with Crippen LogP contribution in [0.3, 0.4) is 0 Å². The molecule has 0 spiro atoms. The molecule has 22 heavy (non-hydrogen) atoms. The zero-order valence-corrected chi connectivity index (χ0v) is 13.8. The summed E-state index contributed by atoms with van der Waals surface area (Å²) >= 11 is 3.48. The van der Waals surface area contributed by atoms with Gasteiger partial charge in [0.2, 0.25) is 5.70 Å². The van der Waals surface area contributed by atoms with Crippen molar-refractivity contribution < 1.29 is 9.33 Å². The molecule has 116 valence electrons. The first-order chi connectivity index (χ1) is 10.5. The lowest BCUT2D eigenvalue weighted by molar-refractivity contribution is -0.746. The number of allylic oxidation sites excluding steroid dienone is 1. The summed E-state index contributed by atoms with van der Waals surface area (Å²) in [6, 6.07) is 0.583. The molecule has 0 aromatic heterocycles. The number of rotatable bonds is 1. The van der Waals surface area contributed by atoms with E-state index >= 15 is 0 Å². The SMILES string of the molecule is C[C@@H]1OC(=N)N2C[C@H](C3=C4C=NC=C[N+]4(N)C(Br)=N3)CC[C@@H]12. The van der Waals surface area contributed by atoms with E-state index < -0.39 is 0 Å². The first kappa shape index (κ1) is 14.1. The van der Waals surface area contributed by atoms with E-state index in [9.17, 15) is 0 Å². The van der Waals surface area contributed by atoms with Crippen molar-refractivity contribution in [2.45, 2.75) is 31.9 Å². The summed E-state index contributed by atoms with van der Waals surface area (Å²) < 4.78 is 6.26. The van der Waals surface area contributed by atoms with E-state index in [1.165, 1.54) is 0 Å². The van der Waals surface area contributed by atoms with Gasteiger partial charge in [-0.25, -0.2) is 0 Å². The van der Waals surface area contributed by atoms with Crippen molar-refractivity contribution in [3.63, 3.8) is 0 Å². The van der Waals surface area contributed by atoms with E-state index in [0.29, 0.717) is 10.8 Å². The topological polar surface area (TPSA) is 87.1 Å². The summed E-state index contributed by atoms with van der Waals surface area (Å²) in [6.07, 6.45) is 7.38. The second kappa shape index (κ2) is 4.74. The lowest BCUT2D eigenvalue weighted by Crippen LogP contribution is -2.50. The largest absolute Gasteiger partial charge is 0.460 e. The summed E-state index contributed by atoms with van der Waals surface area (Å²) in [6.45, 7) is 2.78. The van der Waals surface area contributed by atoms with Crippen molar-refractivity contribution in [1.82, 2.24) is 4.90 Å². The number of nitrogens with two attached hydrogens (primary N) is 1. The van der Waals surface area contributed by atoms with Crippen molar-refractivity contribution in [2.75, 3.05) is 6.54 Å². The summed E-state index contributed by atoms with van der Waals surface area (Å²) in [5.74, 6) is 6.64. The minimum Gasteiger partial charge on any atom is -0.460 e. The maximum atomic E-state index is 8.00. The average molecular weight is 366 g/mol. The zero-order chi connectivity index (χ0) is 15.5. The Kier molecular flexibility index (Phi) is 3.04. The Morgan fingerprint density at radius 2 is 2.32 bits per heavy atom. The van der Waals surface area contributed by atoms with Gasteiger partial charge in [-0.1, -0.05) is 0 Å². The number of nitrogens with one attached hydrogen (secondary N) is 1. The van der Waals surface area contributed by atoms with Crippen LogP contribution in [-0.4, -0.2) is 45.2 Å². The predicted molar refractivity (Wildman–Crippen MR) is 87.0 cm³/mol. The van der Waals surface area contributed by atoms with Crippen LogP contribution in [0.4, 0.5) is 0 Å². The van der Waals surface area contributed by atoms with Gasteiger partial charge >= 0.3 is 4.74 Å². The normalized spacial score (nSPS) is 39.8. The highest BCUT2D eigenvalue weighted by Gasteiger charge is 2.47. The van der Waals surface area contributed by atoms with Gasteiger partial charge < -0.3 is 9.64 Å². The fourth-order valence-electron chi connectivity index (χ4n) is 3.65. The van der Waals surface area contributed by atoms with Crippen molar-refractivity contribution in [1.29, 1.82) is 5.41 Å². The Balaban J connectivity index is 1.66. The lowest BCUT2D eigenvalue weighted by Gasteiger charge is -2.34. The Morgan fingerprint density at radius 1 is 1.50 bits per heavy atom. The quantitative estimate of drug-likeness (QED) is 0.420. The third-order valence-electron chi connectivity index (χ3n) is 4.88. The second-order valence-corrected chi connectivity index (χ2v) is 6.84. The van der Waals surface area contributed by atoms with E-state index in [1.807, 2.05) is 13.1 Å². The molecule has 3 N–H and O–H groups in total. The summed E-state index contributed by atoms with van der Waals surface area (Å²) in [5, 5.41) is 8.00. The van der Waals surface area contributed by atoms with Gasteiger partial charge in [-0.2, -0.15) is 10.8 Å². The number of halogens is 1. The number of aliphatic imine (C=N–C) groups is 2. The van der Waals surface area contributed by atoms with Crippen LogP contribution in [0, 0.1) is 11.3 Å². The van der Waals surface area contributed by atoms with E-state index in [-0.39, 0.29) is 22.6 Å². The summed E-state index contributed by atoms with van der Waals surface area (Å²) in [7, 11) is 0. The molecule has 0 aliphatic carbocycles. The van der Waals surface area contributed by atoms with E-state index in [0.717, 1.165) is 30.8 Å². The molecule has 4 aliphatic heterocycles. The molecular formula is C14H18BrN6O+. The van der Waals surface area contributed by atoms with Gasteiger partial charge in [-0.15, -0.1) is 4.59 Å². The molecule has 0 amide bonds. The van der Waals surface area contributed by atoms with Gasteiger partial charge in [0.05, 0.1) is 18.5 Å². The number of piperidine rings is 1. The maximum absolute atomic E-state index is 8.00. The molecular weight excluding hydrogens is 348 g/mol. The number of amidine groups is 2.